The van der Waals surface area contributed by atoms with Crippen LogP contribution in [0.5, 0.6) is 11.5 Å². The number of hydrogen-bond donors (Lipinski definition) is 2. The Bertz CT molecular complexity index is 1280. The molecule has 0 saturated heterocycles. The molecule has 2 N–H and O–H groups in total. The average Bonchev–Trinajstić information content (AvgIpc) is 2.80. The van der Waals surface area contributed by atoms with Crippen LogP contribution in [-0.2, 0) is 10.0 Å². The predicted octanol–water partition coefficient (Wildman–Crippen LogP) is 4.96. The number of methoxy groups -OCH3 is 2. The number of para-hydroxylation sites is 1. The number of sulfonamides is 1. The van der Waals surface area contributed by atoms with Gasteiger partial charge in [0.15, 0.2) is 11.5 Å². The molecule has 1 atom stereocenters. The van der Waals surface area contributed by atoms with Crippen molar-refractivity contribution in [1.82, 2.24) is 5.32 Å². The van der Waals surface area contributed by atoms with Gasteiger partial charge < -0.3 is 14.8 Å². The predicted molar refractivity (Wildman–Crippen MR) is 129 cm³/mol. The molecule has 9 heteroatoms. The lowest BCUT2D eigenvalue weighted by atomic mass is 10.1. The van der Waals surface area contributed by atoms with Gasteiger partial charge in [-0.05, 0) is 61.4 Å². The molecule has 0 heterocycles. The highest BCUT2D eigenvalue weighted by Crippen LogP contribution is 2.30. The molecule has 174 valence electrons. The Morgan fingerprint density at radius 1 is 0.970 bits per heavy atom. The third-order valence-corrected chi connectivity index (χ3v) is 6.97. The van der Waals surface area contributed by atoms with Gasteiger partial charge in [0.1, 0.15) is 4.90 Å². The summed E-state index contributed by atoms with van der Waals surface area (Å²) in [6.07, 6.45) is 0. The molecule has 0 fully saturated rings. The van der Waals surface area contributed by atoms with E-state index in [1.54, 1.807) is 44.4 Å². The lowest BCUT2D eigenvalue weighted by molar-refractivity contribution is 0.0939. The van der Waals surface area contributed by atoms with Crippen molar-refractivity contribution in [2.24, 2.45) is 0 Å². The summed E-state index contributed by atoms with van der Waals surface area (Å²) >= 11 is 6.18. The first-order chi connectivity index (χ1) is 15.7. The number of carbonyl (C=O) groups excluding carboxylic acids is 1. The topological polar surface area (TPSA) is 93.7 Å². The second kappa shape index (κ2) is 10.1. The van der Waals surface area contributed by atoms with Crippen LogP contribution in [0.2, 0.25) is 5.02 Å². The fourth-order valence-electron chi connectivity index (χ4n) is 3.22. The first kappa shape index (κ1) is 24.4. The Balaban J connectivity index is 1.84. The van der Waals surface area contributed by atoms with Crippen LogP contribution in [0.25, 0.3) is 0 Å². The van der Waals surface area contributed by atoms with E-state index in [9.17, 15) is 13.2 Å². The van der Waals surface area contributed by atoms with E-state index in [0.29, 0.717) is 17.2 Å². The maximum atomic E-state index is 13.0. The molecule has 0 saturated carbocycles. The van der Waals surface area contributed by atoms with E-state index in [4.69, 9.17) is 21.1 Å². The molecule has 0 aliphatic rings. The molecule has 3 rings (SSSR count). The van der Waals surface area contributed by atoms with Gasteiger partial charge in [0.2, 0.25) is 0 Å². The largest absolute Gasteiger partial charge is 0.493 e. The summed E-state index contributed by atoms with van der Waals surface area (Å²) < 4.78 is 39.0. The smallest absolute Gasteiger partial charge is 0.263 e. The third kappa shape index (κ3) is 5.58. The molecule has 0 spiro atoms. The number of rotatable bonds is 8. The highest BCUT2D eigenvalue weighted by molar-refractivity contribution is 7.92. The van der Waals surface area contributed by atoms with Gasteiger partial charge in [-0.2, -0.15) is 0 Å². The Labute approximate surface area is 198 Å². The Hall–Kier alpha value is -3.23. The minimum atomic E-state index is -4.01. The Morgan fingerprint density at radius 3 is 2.33 bits per heavy atom. The van der Waals surface area contributed by atoms with Gasteiger partial charge in [-0.25, -0.2) is 8.42 Å². The second-order valence-electron chi connectivity index (χ2n) is 7.38. The molecule has 0 bridgehead atoms. The van der Waals surface area contributed by atoms with Crippen LogP contribution in [0.4, 0.5) is 5.69 Å². The van der Waals surface area contributed by atoms with Crippen molar-refractivity contribution >= 4 is 33.2 Å². The van der Waals surface area contributed by atoms with Gasteiger partial charge in [-0.3, -0.25) is 9.52 Å². The average molecular weight is 489 g/mol. The summed E-state index contributed by atoms with van der Waals surface area (Å²) in [5.41, 5.74) is 2.15. The molecular weight excluding hydrogens is 464 g/mol. The SMILES string of the molecule is COc1ccc([C@@H](C)NC(=O)c2ccc(Cl)c(S(=O)(=O)Nc3ccccc3C)c2)cc1OC. The number of halogens is 1. The molecule has 7 nitrogen and oxygen atoms in total. The number of ether oxygens (including phenoxy) is 2. The zero-order chi connectivity index (χ0) is 24.2. The fourth-order valence-corrected chi connectivity index (χ4v) is 4.88. The summed E-state index contributed by atoms with van der Waals surface area (Å²) in [7, 11) is -0.934. The highest BCUT2D eigenvalue weighted by Gasteiger charge is 2.22. The number of carbonyl (C=O) groups is 1. The van der Waals surface area contributed by atoms with E-state index in [-0.39, 0.29) is 21.5 Å². The van der Waals surface area contributed by atoms with Gasteiger partial charge in [0, 0.05) is 5.56 Å². The minimum absolute atomic E-state index is 0.0144. The first-order valence-electron chi connectivity index (χ1n) is 10.1. The Morgan fingerprint density at radius 2 is 1.67 bits per heavy atom. The van der Waals surface area contributed by atoms with Crippen LogP contribution in [0.1, 0.15) is 34.5 Å². The molecule has 0 radical (unpaired) electrons. The van der Waals surface area contributed by atoms with Crippen molar-refractivity contribution in [3.05, 3.63) is 82.4 Å². The van der Waals surface area contributed by atoms with Crippen molar-refractivity contribution < 1.29 is 22.7 Å². The van der Waals surface area contributed by atoms with Crippen molar-refractivity contribution in [3.8, 4) is 11.5 Å². The van der Waals surface area contributed by atoms with Crippen LogP contribution >= 0.6 is 11.6 Å². The van der Waals surface area contributed by atoms with Crippen LogP contribution in [-0.4, -0.2) is 28.5 Å². The normalized spacial score (nSPS) is 12.0. The lowest BCUT2D eigenvalue weighted by Crippen LogP contribution is -2.27. The number of amides is 1. The fraction of sp³-hybridized carbons (Fsp3) is 0.208. The summed E-state index contributed by atoms with van der Waals surface area (Å²) in [5.74, 6) is 0.674. The van der Waals surface area contributed by atoms with E-state index in [2.05, 4.69) is 10.0 Å². The molecular formula is C24H25ClN2O5S. The van der Waals surface area contributed by atoms with Gasteiger partial charge in [0.05, 0.1) is 31.0 Å². The summed E-state index contributed by atoms with van der Waals surface area (Å²) in [6.45, 7) is 3.60. The monoisotopic (exact) mass is 488 g/mol. The standard InChI is InChI=1S/C24H25ClN2O5S/c1-15-7-5-6-8-20(15)27-33(29,30)23-14-18(9-11-19(23)25)24(28)26-16(2)17-10-12-21(31-3)22(13-17)32-4/h5-14,16,27H,1-4H3,(H,26,28)/t16-/m1/s1. The van der Waals surface area contributed by atoms with E-state index in [1.165, 1.54) is 25.3 Å². The number of benzene rings is 3. The third-order valence-electron chi connectivity index (χ3n) is 5.13. The van der Waals surface area contributed by atoms with Crippen LogP contribution in [0.15, 0.2) is 65.6 Å². The van der Waals surface area contributed by atoms with Gasteiger partial charge in [-0.15, -0.1) is 0 Å². The van der Waals surface area contributed by atoms with E-state index >= 15 is 0 Å². The zero-order valence-corrected chi connectivity index (χ0v) is 20.3. The van der Waals surface area contributed by atoms with Crippen LogP contribution in [0, 0.1) is 6.92 Å². The molecule has 1 amide bonds. The molecule has 0 aromatic heterocycles. The van der Waals surface area contributed by atoms with E-state index in [1.807, 2.05) is 19.1 Å². The lowest BCUT2D eigenvalue weighted by Gasteiger charge is -2.17. The van der Waals surface area contributed by atoms with Gasteiger partial charge in [-0.1, -0.05) is 35.9 Å². The number of aryl methyl sites for hydroxylation is 1. The molecule has 33 heavy (non-hydrogen) atoms. The first-order valence-corrected chi connectivity index (χ1v) is 11.9. The number of anilines is 1. The minimum Gasteiger partial charge on any atom is -0.493 e. The number of hydrogen-bond acceptors (Lipinski definition) is 5. The Kier molecular flexibility index (Phi) is 7.50. The zero-order valence-electron chi connectivity index (χ0n) is 18.7. The summed E-state index contributed by atoms with van der Waals surface area (Å²) in [6, 6.07) is 16.1. The van der Waals surface area contributed by atoms with Crippen molar-refractivity contribution in [2.75, 3.05) is 18.9 Å². The van der Waals surface area contributed by atoms with E-state index in [0.717, 1.165) is 11.1 Å². The van der Waals surface area contributed by atoms with Crippen molar-refractivity contribution in [2.45, 2.75) is 24.8 Å². The summed E-state index contributed by atoms with van der Waals surface area (Å²) in [5, 5.41) is 2.88. The van der Waals surface area contributed by atoms with Gasteiger partial charge in [0.25, 0.3) is 15.9 Å². The maximum absolute atomic E-state index is 13.0. The van der Waals surface area contributed by atoms with Gasteiger partial charge >= 0.3 is 0 Å². The molecule has 0 aliphatic heterocycles. The van der Waals surface area contributed by atoms with Crippen LogP contribution in [0.3, 0.4) is 0 Å². The quantitative estimate of drug-likeness (QED) is 0.467. The van der Waals surface area contributed by atoms with Crippen LogP contribution < -0.4 is 19.5 Å². The molecule has 3 aromatic rings. The second-order valence-corrected chi connectivity index (χ2v) is 9.43. The summed E-state index contributed by atoms with van der Waals surface area (Å²) in [4.78, 5) is 12.7. The van der Waals surface area contributed by atoms with E-state index < -0.39 is 15.9 Å². The molecule has 0 aliphatic carbocycles. The highest BCUT2D eigenvalue weighted by atomic mass is 35.5. The van der Waals surface area contributed by atoms with Crippen molar-refractivity contribution in [3.63, 3.8) is 0 Å². The number of nitrogens with one attached hydrogen (secondary N) is 2. The maximum Gasteiger partial charge on any atom is 0.263 e. The molecule has 0 unspecified atom stereocenters. The molecule has 3 aromatic carbocycles. The van der Waals surface area contributed by atoms with Crippen molar-refractivity contribution in [1.29, 1.82) is 0 Å².